The molecule has 0 aliphatic carbocycles. The summed E-state index contributed by atoms with van der Waals surface area (Å²) in [7, 11) is -6.45. The van der Waals surface area contributed by atoms with Gasteiger partial charge in [-0.25, -0.2) is 0 Å². The predicted molar refractivity (Wildman–Crippen MR) is 175 cm³/mol. The smallest absolute Gasteiger partial charge is 0.248 e. The maximum Gasteiger partial charge on any atom is 0.248 e. The van der Waals surface area contributed by atoms with Crippen molar-refractivity contribution in [1.82, 2.24) is 0 Å². The van der Waals surface area contributed by atoms with Crippen molar-refractivity contribution in [3.05, 3.63) is 35.4 Å². The van der Waals surface area contributed by atoms with Gasteiger partial charge in [-0.15, -0.1) is 0 Å². The van der Waals surface area contributed by atoms with Crippen molar-refractivity contribution in [2.24, 2.45) is 5.73 Å². The lowest BCUT2D eigenvalue weighted by Gasteiger charge is -2.44. The minimum atomic E-state index is -2.21. The maximum atomic E-state index is 12.3. The monoisotopic (exact) mass is 609 g/mol. The molecule has 230 valence electrons. The quantitative estimate of drug-likeness (QED) is 0.273. The van der Waals surface area contributed by atoms with E-state index in [-0.39, 0.29) is 39.5 Å². The summed E-state index contributed by atoms with van der Waals surface area (Å²) in [6.07, 6.45) is -0.609. The highest BCUT2D eigenvalue weighted by atomic mass is 28.4. The first-order chi connectivity index (χ1) is 17.8. The second kappa shape index (κ2) is 12.1. The third-order valence-electron chi connectivity index (χ3n) is 10.00. The number of ether oxygens (including phenoxy) is 1. The van der Waals surface area contributed by atoms with Crippen molar-refractivity contribution in [3.8, 4) is 0 Å². The van der Waals surface area contributed by atoms with Gasteiger partial charge in [0.2, 0.25) is 5.91 Å². The van der Waals surface area contributed by atoms with E-state index in [2.05, 4.69) is 102 Å². The molecule has 0 saturated carbocycles. The van der Waals surface area contributed by atoms with Crippen molar-refractivity contribution in [2.75, 3.05) is 6.61 Å². The van der Waals surface area contributed by atoms with Crippen molar-refractivity contribution in [1.29, 1.82) is 0 Å². The van der Waals surface area contributed by atoms with Crippen LogP contribution in [-0.4, -0.2) is 61.9 Å². The van der Waals surface area contributed by atoms with Crippen molar-refractivity contribution >= 4 is 30.9 Å². The van der Waals surface area contributed by atoms with Crippen LogP contribution in [0.2, 0.25) is 54.4 Å². The van der Waals surface area contributed by atoms with E-state index < -0.39 is 30.9 Å². The number of rotatable bonds is 10. The fraction of sp³-hybridized carbons (Fsp3) is 0.774. The SMILES string of the molecule is CC(C)(C)[Si](C)(C)OC[C@H]1O[C@@H](Cc2ccccc2C(N)=O)[C@H](O[Si](C)(C)C(C)(C)C)[C@@H]1O[Si](C)(C)C(C)(C)C. The molecule has 1 fully saturated rings. The molecule has 0 radical (unpaired) electrons. The Balaban J connectivity index is 2.60. The Morgan fingerprint density at radius 3 is 1.60 bits per heavy atom. The zero-order chi connectivity index (χ0) is 31.1. The predicted octanol–water partition coefficient (Wildman–Crippen LogP) is 7.90. The molecule has 9 heteroatoms. The van der Waals surface area contributed by atoms with Crippen LogP contribution in [0.5, 0.6) is 0 Å². The molecule has 6 nitrogen and oxygen atoms in total. The van der Waals surface area contributed by atoms with Gasteiger partial charge >= 0.3 is 0 Å². The van der Waals surface area contributed by atoms with Gasteiger partial charge < -0.3 is 23.7 Å². The van der Waals surface area contributed by atoms with Crippen molar-refractivity contribution in [2.45, 2.75) is 148 Å². The first kappa shape index (κ1) is 35.4. The number of nitrogens with two attached hydrogens (primary N) is 1. The van der Waals surface area contributed by atoms with Crippen LogP contribution in [0.4, 0.5) is 0 Å². The van der Waals surface area contributed by atoms with E-state index in [1.165, 1.54) is 0 Å². The highest BCUT2D eigenvalue weighted by molar-refractivity contribution is 6.75. The number of carbonyl (C=O) groups excluding carboxylic acids is 1. The Hall–Kier alpha value is -0.819. The molecule has 1 amide bonds. The van der Waals surface area contributed by atoms with Crippen LogP contribution in [0.15, 0.2) is 24.3 Å². The summed E-state index contributed by atoms with van der Waals surface area (Å²) in [4.78, 5) is 12.3. The van der Waals surface area contributed by atoms with E-state index in [4.69, 9.17) is 23.7 Å². The van der Waals surface area contributed by atoms with Gasteiger partial charge in [-0.2, -0.15) is 0 Å². The second-order valence-electron chi connectivity index (χ2n) is 16.2. The van der Waals surface area contributed by atoms with Crippen LogP contribution in [-0.2, 0) is 24.4 Å². The molecule has 2 rings (SSSR count). The molecule has 1 aliphatic rings. The first-order valence-electron chi connectivity index (χ1n) is 14.8. The minimum Gasteiger partial charge on any atom is -0.414 e. The molecule has 4 atom stereocenters. The van der Waals surface area contributed by atoms with Gasteiger partial charge in [-0.05, 0) is 66.0 Å². The molecule has 0 unspecified atom stereocenters. The van der Waals surface area contributed by atoms with Gasteiger partial charge in [0.15, 0.2) is 25.0 Å². The zero-order valence-electron chi connectivity index (χ0n) is 28.2. The lowest BCUT2D eigenvalue weighted by molar-refractivity contribution is -0.0160. The lowest BCUT2D eigenvalue weighted by Crippen LogP contribution is -2.55. The molecule has 0 aromatic heterocycles. The highest BCUT2D eigenvalue weighted by Gasteiger charge is 2.54. The second-order valence-corrected chi connectivity index (χ2v) is 30.5. The summed E-state index contributed by atoms with van der Waals surface area (Å²) in [5, 5.41) is 0.119. The van der Waals surface area contributed by atoms with E-state index in [1.807, 2.05) is 18.2 Å². The Morgan fingerprint density at radius 2 is 1.18 bits per heavy atom. The van der Waals surface area contributed by atoms with Gasteiger partial charge in [-0.1, -0.05) is 80.5 Å². The van der Waals surface area contributed by atoms with Crippen LogP contribution in [0.3, 0.4) is 0 Å². The lowest BCUT2D eigenvalue weighted by atomic mass is 9.97. The first-order valence-corrected chi connectivity index (χ1v) is 23.6. The Bertz CT molecular complexity index is 1020. The minimum absolute atomic E-state index is 0.0138. The average Bonchev–Trinajstić information content (AvgIpc) is 3.05. The molecule has 0 bridgehead atoms. The standard InChI is InChI=1S/C31H59NO5Si3/c1-29(2,3)38(10,11)34-21-25-27(37-40(14,15)31(7,8)9)26(36-39(12,13)30(4,5)6)24(35-25)20-22-18-16-17-19-23(22)28(32)33/h16-19,24-27H,20-21H2,1-15H3,(H2,32,33)/t24-,25+,26-,27+/m0/s1. The number of hydrogen-bond acceptors (Lipinski definition) is 5. The van der Waals surface area contributed by atoms with Crippen molar-refractivity contribution < 1.29 is 22.8 Å². The van der Waals surface area contributed by atoms with Crippen LogP contribution < -0.4 is 5.73 Å². The molecular weight excluding hydrogens is 551 g/mol. The van der Waals surface area contributed by atoms with E-state index in [1.54, 1.807) is 6.07 Å². The summed E-state index contributed by atoms with van der Waals surface area (Å²) >= 11 is 0. The summed E-state index contributed by atoms with van der Waals surface area (Å²) in [6.45, 7) is 34.5. The number of amides is 1. The molecular formula is C31H59NO5Si3. The average molecular weight is 610 g/mol. The Morgan fingerprint density at radius 1 is 0.750 bits per heavy atom. The summed E-state index contributed by atoms with van der Waals surface area (Å²) < 4.78 is 28.0. The van der Waals surface area contributed by atoms with Gasteiger partial charge in [0.1, 0.15) is 12.2 Å². The molecule has 0 spiro atoms. The van der Waals surface area contributed by atoms with Crippen molar-refractivity contribution in [3.63, 3.8) is 0 Å². The number of carbonyl (C=O) groups is 1. The maximum absolute atomic E-state index is 12.3. The third kappa shape index (κ3) is 8.17. The van der Waals surface area contributed by atoms with Gasteiger partial charge in [0, 0.05) is 12.0 Å². The molecule has 1 aliphatic heterocycles. The molecule has 40 heavy (non-hydrogen) atoms. The number of hydrogen-bond donors (Lipinski definition) is 1. The van der Waals surface area contributed by atoms with Gasteiger partial charge in [-0.3, -0.25) is 4.79 Å². The topological polar surface area (TPSA) is 80.0 Å². The zero-order valence-corrected chi connectivity index (χ0v) is 31.2. The van der Waals surface area contributed by atoms with Gasteiger partial charge in [0.25, 0.3) is 0 Å². The van der Waals surface area contributed by atoms with E-state index in [0.29, 0.717) is 18.6 Å². The summed E-state index contributed by atoms with van der Waals surface area (Å²) in [5.74, 6) is -0.428. The Labute approximate surface area is 248 Å². The summed E-state index contributed by atoms with van der Waals surface area (Å²) in [6, 6.07) is 7.55. The molecule has 1 aromatic rings. The van der Waals surface area contributed by atoms with Crippen LogP contribution in [0.1, 0.15) is 78.2 Å². The molecule has 1 aromatic carbocycles. The van der Waals surface area contributed by atoms with Crippen LogP contribution in [0.25, 0.3) is 0 Å². The molecule has 2 N–H and O–H groups in total. The van der Waals surface area contributed by atoms with Crippen LogP contribution >= 0.6 is 0 Å². The van der Waals surface area contributed by atoms with Crippen LogP contribution in [0, 0.1) is 0 Å². The molecule has 1 saturated heterocycles. The number of benzene rings is 1. The van der Waals surface area contributed by atoms with E-state index in [0.717, 1.165) is 5.56 Å². The Kier molecular flexibility index (Phi) is 10.7. The third-order valence-corrected chi connectivity index (χ3v) is 23.4. The normalized spacial score (nSPS) is 23.5. The fourth-order valence-corrected chi connectivity index (χ4v) is 7.74. The summed E-state index contributed by atoms with van der Waals surface area (Å²) in [5.41, 5.74) is 7.17. The fourth-order valence-electron chi connectivity index (χ4n) is 4.08. The highest BCUT2D eigenvalue weighted by Crippen LogP contribution is 2.45. The van der Waals surface area contributed by atoms with Gasteiger partial charge in [0.05, 0.1) is 18.8 Å². The number of primary amides is 1. The van der Waals surface area contributed by atoms with E-state index in [9.17, 15) is 4.79 Å². The largest absolute Gasteiger partial charge is 0.414 e. The van der Waals surface area contributed by atoms with E-state index >= 15 is 0 Å². The molecule has 1 heterocycles.